The van der Waals surface area contributed by atoms with Crippen LogP contribution in [-0.2, 0) is 11.3 Å². The molecule has 0 bridgehead atoms. The number of morpholine rings is 1. The highest BCUT2D eigenvalue weighted by molar-refractivity contribution is 5.00. The molecule has 0 spiro atoms. The topological polar surface area (TPSA) is 56.3 Å². The van der Waals surface area contributed by atoms with E-state index in [9.17, 15) is 0 Å². The van der Waals surface area contributed by atoms with E-state index in [1.807, 2.05) is 6.92 Å². The molecule has 0 aromatic carbocycles. The Kier molecular flexibility index (Phi) is 4.93. The molecule has 2 fully saturated rings. The Morgan fingerprint density at radius 1 is 1.38 bits per heavy atom. The lowest BCUT2D eigenvalue weighted by Gasteiger charge is -2.34. The number of hydrogen-bond donors (Lipinski definition) is 1. The summed E-state index contributed by atoms with van der Waals surface area (Å²) in [5.41, 5.74) is 7.13. The summed E-state index contributed by atoms with van der Waals surface area (Å²) < 4.78 is 7.91. The molecule has 0 radical (unpaired) electrons. The fourth-order valence-corrected chi connectivity index (χ4v) is 3.43. The Morgan fingerprint density at radius 2 is 2.19 bits per heavy atom. The highest BCUT2D eigenvalue weighted by Gasteiger charge is 2.24. The predicted octanol–water partition coefficient (Wildman–Crippen LogP) is 1.94. The van der Waals surface area contributed by atoms with Crippen molar-refractivity contribution in [1.82, 2.24) is 14.7 Å². The Bertz CT molecular complexity index is 439. The van der Waals surface area contributed by atoms with Gasteiger partial charge in [-0.25, -0.2) is 0 Å². The summed E-state index contributed by atoms with van der Waals surface area (Å²) in [4.78, 5) is 2.41. The maximum atomic E-state index is 5.95. The number of ether oxygens (including phenoxy) is 1. The average molecular weight is 292 g/mol. The lowest BCUT2D eigenvalue weighted by Crippen LogP contribution is -2.49. The van der Waals surface area contributed by atoms with Crippen LogP contribution in [0, 0.1) is 0 Å². The van der Waals surface area contributed by atoms with Crippen molar-refractivity contribution in [1.29, 1.82) is 0 Å². The largest absolute Gasteiger partial charge is 0.374 e. The van der Waals surface area contributed by atoms with E-state index in [1.54, 1.807) is 0 Å². The standard InChI is InChI=1S/C16H28N4O/c1-13(17)16-12-19(9-10-21-16)11-14-7-8-20(18-14)15-5-3-2-4-6-15/h7-8,13,15-16H,2-6,9-12,17H2,1H3. The molecule has 2 N–H and O–H groups in total. The molecule has 1 aromatic heterocycles. The number of aromatic nitrogens is 2. The summed E-state index contributed by atoms with van der Waals surface area (Å²) in [7, 11) is 0. The molecule has 2 unspecified atom stereocenters. The minimum atomic E-state index is 0.0904. The second-order valence-electron chi connectivity index (χ2n) is 6.58. The van der Waals surface area contributed by atoms with Gasteiger partial charge in [-0.15, -0.1) is 0 Å². The first kappa shape index (κ1) is 15.0. The highest BCUT2D eigenvalue weighted by Crippen LogP contribution is 2.27. The third-order valence-electron chi connectivity index (χ3n) is 4.76. The summed E-state index contributed by atoms with van der Waals surface area (Å²) in [6.45, 7) is 5.58. The van der Waals surface area contributed by atoms with Gasteiger partial charge in [-0.1, -0.05) is 19.3 Å². The van der Waals surface area contributed by atoms with Gasteiger partial charge in [-0.05, 0) is 25.8 Å². The lowest BCUT2D eigenvalue weighted by molar-refractivity contribution is -0.0407. The fourth-order valence-electron chi connectivity index (χ4n) is 3.43. The molecular weight excluding hydrogens is 264 g/mol. The van der Waals surface area contributed by atoms with Crippen LogP contribution in [-0.4, -0.2) is 46.5 Å². The number of nitrogens with two attached hydrogens (primary N) is 1. The maximum absolute atomic E-state index is 5.95. The molecule has 1 saturated carbocycles. The first-order valence-electron chi connectivity index (χ1n) is 8.36. The van der Waals surface area contributed by atoms with Crippen LogP contribution in [0.5, 0.6) is 0 Å². The molecule has 118 valence electrons. The minimum absolute atomic E-state index is 0.0904. The monoisotopic (exact) mass is 292 g/mol. The van der Waals surface area contributed by atoms with Crippen molar-refractivity contribution in [3.63, 3.8) is 0 Å². The van der Waals surface area contributed by atoms with Gasteiger partial charge in [0.1, 0.15) is 0 Å². The van der Waals surface area contributed by atoms with E-state index in [4.69, 9.17) is 15.6 Å². The van der Waals surface area contributed by atoms with Crippen molar-refractivity contribution in [3.05, 3.63) is 18.0 Å². The smallest absolute Gasteiger partial charge is 0.0850 e. The maximum Gasteiger partial charge on any atom is 0.0850 e. The first-order chi connectivity index (χ1) is 10.2. The molecule has 5 nitrogen and oxygen atoms in total. The van der Waals surface area contributed by atoms with Gasteiger partial charge in [0.25, 0.3) is 0 Å². The molecule has 1 aliphatic carbocycles. The molecule has 1 saturated heterocycles. The molecule has 2 aliphatic rings. The summed E-state index contributed by atoms with van der Waals surface area (Å²) in [6.07, 6.45) is 8.96. The average Bonchev–Trinajstić information content (AvgIpc) is 2.97. The molecule has 3 rings (SSSR count). The number of nitrogens with zero attached hydrogens (tertiary/aromatic N) is 3. The lowest BCUT2D eigenvalue weighted by atomic mass is 9.96. The first-order valence-corrected chi connectivity index (χ1v) is 8.36. The van der Waals surface area contributed by atoms with E-state index in [2.05, 4.69) is 21.8 Å². The Morgan fingerprint density at radius 3 is 2.95 bits per heavy atom. The zero-order valence-corrected chi connectivity index (χ0v) is 13.1. The summed E-state index contributed by atoms with van der Waals surface area (Å²) >= 11 is 0. The Balaban J connectivity index is 1.56. The van der Waals surface area contributed by atoms with Crippen LogP contribution in [0.4, 0.5) is 0 Å². The van der Waals surface area contributed by atoms with Gasteiger partial charge in [-0.3, -0.25) is 9.58 Å². The molecule has 1 aliphatic heterocycles. The second kappa shape index (κ2) is 6.90. The van der Waals surface area contributed by atoms with Crippen molar-refractivity contribution in [2.75, 3.05) is 19.7 Å². The van der Waals surface area contributed by atoms with Crippen molar-refractivity contribution in [2.24, 2.45) is 5.73 Å². The predicted molar refractivity (Wildman–Crippen MR) is 83.0 cm³/mol. The molecule has 0 amide bonds. The number of hydrogen-bond acceptors (Lipinski definition) is 4. The van der Waals surface area contributed by atoms with E-state index in [0.29, 0.717) is 6.04 Å². The van der Waals surface area contributed by atoms with Gasteiger partial charge < -0.3 is 10.5 Å². The quantitative estimate of drug-likeness (QED) is 0.921. The molecule has 2 atom stereocenters. The second-order valence-corrected chi connectivity index (χ2v) is 6.58. The van der Waals surface area contributed by atoms with Gasteiger partial charge in [-0.2, -0.15) is 5.10 Å². The van der Waals surface area contributed by atoms with Crippen LogP contribution in [0.1, 0.15) is 50.8 Å². The molecule has 1 aromatic rings. The molecule has 21 heavy (non-hydrogen) atoms. The molecule has 2 heterocycles. The van der Waals surface area contributed by atoms with Crippen LogP contribution in [0.3, 0.4) is 0 Å². The van der Waals surface area contributed by atoms with Crippen LogP contribution >= 0.6 is 0 Å². The van der Waals surface area contributed by atoms with Gasteiger partial charge in [0.2, 0.25) is 0 Å². The Labute approximate surface area is 127 Å². The summed E-state index contributed by atoms with van der Waals surface area (Å²) in [5, 5.41) is 4.80. The van der Waals surface area contributed by atoms with E-state index in [-0.39, 0.29) is 12.1 Å². The van der Waals surface area contributed by atoms with Crippen LogP contribution < -0.4 is 5.73 Å². The van der Waals surface area contributed by atoms with Crippen LogP contribution in [0.25, 0.3) is 0 Å². The Hall–Kier alpha value is -0.910. The van der Waals surface area contributed by atoms with Gasteiger partial charge in [0.05, 0.1) is 24.4 Å². The van der Waals surface area contributed by atoms with Gasteiger partial charge >= 0.3 is 0 Å². The van der Waals surface area contributed by atoms with Crippen molar-refractivity contribution in [3.8, 4) is 0 Å². The molecule has 5 heteroatoms. The van der Waals surface area contributed by atoms with E-state index in [0.717, 1.165) is 26.2 Å². The van der Waals surface area contributed by atoms with Crippen LogP contribution in [0.2, 0.25) is 0 Å². The third kappa shape index (κ3) is 3.84. The third-order valence-corrected chi connectivity index (χ3v) is 4.76. The van der Waals surface area contributed by atoms with Gasteiger partial charge in [0.15, 0.2) is 0 Å². The van der Waals surface area contributed by atoms with Crippen LogP contribution in [0.15, 0.2) is 12.3 Å². The van der Waals surface area contributed by atoms with Crippen molar-refractivity contribution in [2.45, 2.75) is 63.8 Å². The van der Waals surface area contributed by atoms with E-state index >= 15 is 0 Å². The van der Waals surface area contributed by atoms with E-state index in [1.165, 1.54) is 37.8 Å². The van der Waals surface area contributed by atoms with Crippen molar-refractivity contribution >= 4 is 0 Å². The van der Waals surface area contributed by atoms with Gasteiger partial charge in [0, 0.05) is 31.9 Å². The minimum Gasteiger partial charge on any atom is -0.374 e. The normalized spacial score (nSPS) is 26.9. The fraction of sp³-hybridized carbons (Fsp3) is 0.812. The van der Waals surface area contributed by atoms with Crippen molar-refractivity contribution < 1.29 is 4.74 Å². The molecular formula is C16H28N4O. The SMILES string of the molecule is CC(N)C1CN(Cc2ccn(C3CCCCC3)n2)CCO1. The highest BCUT2D eigenvalue weighted by atomic mass is 16.5. The van der Waals surface area contributed by atoms with E-state index < -0.39 is 0 Å². The zero-order chi connectivity index (χ0) is 14.7. The zero-order valence-electron chi connectivity index (χ0n) is 13.1. The summed E-state index contributed by atoms with van der Waals surface area (Å²) in [6, 6.07) is 2.88. The summed E-state index contributed by atoms with van der Waals surface area (Å²) in [5.74, 6) is 0. The number of rotatable bonds is 4.